The van der Waals surface area contributed by atoms with Crippen molar-refractivity contribution < 1.29 is 4.79 Å². The Labute approximate surface area is 99.1 Å². The Morgan fingerprint density at radius 2 is 2.18 bits per heavy atom. The van der Waals surface area contributed by atoms with Gasteiger partial charge in [0.2, 0.25) is 0 Å². The predicted octanol–water partition coefficient (Wildman–Crippen LogP) is 0.380. The van der Waals surface area contributed by atoms with Gasteiger partial charge in [0.05, 0.1) is 23.6 Å². The molecule has 0 spiro atoms. The van der Waals surface area contributed by atoms with Gasteiger partial charge >= 0.3 is 0 Å². The van der Waals surface area contributed by atoms with Gasteiger partial charge in [0.25, 0.3) is 5.91 Å². The lowest BCUT2D eigenvalue weighted by atomic mass is 10.2. The van der Waals surface area contributed by atoms with E-state index < -0.39 is 0 Å². The van der Waals surface area contributed by atoms with Crippen LogP contribution in [0.15, 0.2) is 30.9 Å². The van der Waals surface area contributed by atoms with Gasteiger partial charge in [0, 0.05) is 32.4 Å². The van der Waals surface area contributed by atoms with E-state index in [4.69, 9.17) is 0 Å². The SMILES string of the molecule is O=C(c1cccn2cncc12)N1CCNCC1. The molecule has 5 heteroatoms. The number of nitrogens with one attached hydrogen (secondary N) is 1. The van der Waals surface area contributed by atoms with E-state index in [2.05, 4.69) is 10.3 Å². The first-order valence-corrected chi connectivity index (χ1v) is 5.77. The molecule has 3 rings (SSSR count). The molecule has 0 unspecified atom stereocenters. The summed E-state index contributed by atoms with van der Waals surface area (Å²) in [5.74, 6) is 0.0950. The van der Waals surface area contributed by atoms with Gasteiger partial charge in [-0.15, -0.1) is 0 Å². The zero-order chi connectivity index (χ0) is 11.7. The number of rotatable bonds is 1. The third-order valence-electron chi connectivity index (χ3n) is 3.09. The molecule has 1 N–H and O–H groups in total. The summed E-state index contributed by atoms with van der Waals surface area (Å²) in [5.41, 5.74) is 1.60. The van der Waals surface area contributed by atoms with Crippen molar-refractivity contribution in [3.05, 3.63) is 36.4 Å². The van der Waals surface area contributed by atoms with Gasteiger partial charge in [0.1, 0.15) is 0 Å². The monoisotopic (exact) mass is 230 g/mol. The van der Waals surface area contributed by atoms with Crippen LogP contribution < -0.4 is 5.32 Å². The molecule has 1 fully saturated rings. The normalized spacial score (nSPS) is 16.4. The molecule has 1 aliphatic rings. The van der Waals surface area contributed by atoms with E-state index in [9.17, 15) is 4.79 Å². The standard InChI is InChI=1S/C12H14N4O/c17-12(15-6-3-13-4-7-15)10-2-1-5-16-9-14-8-11(10)16/h1-2,5,8-9,13H,3-4,6-7H2. The van der Waals surface area contributed by atoms with E-state index in [1.165, 1.54) is 0 Å². The first kappa shape index (κ1) is 10.3. The molecule has 2 aromatic rings. The molecule has 5 nitrogen and oxygen atoms in total. The highest BCUT2D eigenvalue weighted by Crippen LogP contribution is 2.13. The molecule has 17 heavy (non-hydrogen) atoms. The Morgan fingerprint density at radius 3 is 3.00 bits per heavy atom. The average molecular weight is 230 g/mol. The Balaban J connectivity index is 1.97. The maximum absolute atomic E-state index is 12.4. The summed E-state index contributed by atoms with van der Waals surface area (Å²) >= 11 is 0. The van der Waals surface area contributed by atoms with E-state index in [1.54, 1.807) is 12.5 Å². The molecule has 88 valence electrons. The second-order valence-electron chi connectivity index (χ2n) is 4.15. The van der Waals surface area contributed by atoms with E-state index in [0.717, 1.165) is 37.3 Å². The fourth-order valence-corrected chi connectivity index (χ4v) is 2.17. The highest BCUT2D eigenvalue weighted by atomic mass is 16.2. The molecule has 0 atom stereocenters. The summed E-state index contributed by atoms with van der Waals surface area (Å²) in [7, 11) is 0. The predicted molar refractivity (Wildman–Crippen MR) is 64.0 cm³/mol. The minimum absolute atomic E-state index is 0.0950. The Kier molecular flexibility index (Phi) is 2.53. The van der Waals surface area contributed by atoms with Crippen LogP contribution in [0.1, 0.15) is 10.4 Å². The van der Waals surface area contributed by atoms with Gasteiger partial charge in [-0.3, -0.25) is 4.79 Å². The number of hydrogen-bond acceptors (Lipinski definition) is 3. The lowest BCUT2D eigenvalue weighted by molar-refractivity contribution is 0.0737. The molecule has 2 aromatic heterocycles. The number of fused-ring (bicyclic) bond motifs is 1. The average Bonchev–Trinajstić information content (AvgIpc) is 2.87. The summed E-state index contributed by atoms with van der Waals surface area (Å²) in [4.78, 5) is 18.3. The summed E-state index contributed by atoms with van der Waals surface area (Å²) in [6.45, 7) is 3.28. The summed E-state index contributed by atoms with van der Waals surface area (Å²) < 4.78 is 1.87. The van der Waals surface area contributed by atoms with Crippen molar-refractivity contribution in [2.45, 2.75) is 0 Å². The molecule has 0 aliphatic carbocycles. The second kappa shape index (κ2) is 4.18. The molecule has 0 aromatic carbocycles. The van der Waals surface area contributed by atoms with Crippen molar-refractivity contribution in [3.8, 4) is 0 Å². The van der Waals surface area contributed by atoms with E-state index in [-0.39, 0.29) is 5.91 Å². The molecular weight excluding hydrogens is 216 g/mol. The van der Waals surface area contributed by atoms with Gasteiger partial charge in [0.15, 0.2) is 0 Å². The van der Waals surface area contributed by atoms with Crippen molar-refractivity contribution in [3.63, 3.8) is 0 Å². The number of amides is 1. The fraction of sp³-hybridized carbons (Fsp3) is 0.333. The summed E-state index contributed by atoms with van der Waals surface area (Å²) in [6, 6.07) is 3.74. The van der Waals surface area contributed by atoms with Crippen LogP contribution in [0.3, 0.4) is 0 Å². The third kappa shape index (κ3) is 1.78. The highest BCUT2D eigenvalue weighted by Gasteiger charge is 2.19. The molecule has 0 radical (unpaired) electrons. The van der Waals surface area contributed by atoms with Crippen LogP contribution in [-0.2, 0) is 0 Å². The van der Waals surface area contributed by atoms with Crippen molar-refractivity contribution in [1.82, 2.24) is 19.6 Å². The van der Waals surface area contributed by atoms with Crippen LogP contribution >= 0.6 is 0 Å². The second-order valence-corrected chi connectivity index (χ2v) is 4.15. The molecule has 1 amide bonds. The van der Waals surface area contributed by atoms with Crippen LogP contribution in [0.25, 0.3) is 5.52 Å². The molecule has 3 heterocycles. The number of carbonyl (C=O) groups is 1. The molecule has 1 aliphatic heterocycles. The fourth-order valence-electron chi connectivity index (χ4n) is 2.17. The minimum Gasteiger partial charge on any atom is -0.336 e. The van der Waals surface area contributed by atoms with Gasteiger partial charge in [-0.05, 0) is 12.1 Å². The highest BCUT2D eigenvalue weighted by molar-refractivity contribution is 6.00. The maximum atomic E-state index is 12.4. The molecular formula is C12H14N4O. The number of carbonyl (C=O) groups excluding carboxylic acids is 1. The summed E-state index contributed by atoms with van der Waals surface area (Å²) in [6.07, 6.45) is 5.34. The largest absolute Gasteiger partial charge is 0.336 e. The number of nitrogens with zero attached hydrogens (tertiary/aromatic N) is 3. The van der Waals surface area contributed by atoms with Crippen molar-refractivity contribution in [2.24, 2.45) is 0 Å². The van der Waals surface area contributed by atoms with Crippen LogP contribution in [0, 0.1) is 0 Å². The topological polar surface area (TPSA) is 49.6 Å². The Morgan fingerprint density at radius 1 is 1.35 bits per heavy atom. The third-order valence-corrected chi connectivity index (χ3v) is 3.09. The van der Waals surface area contributed by atoms with Crippen LogP contribution in [-0.4, -0.2) is 46.4 Å². The zero-order valence-electron chi connectivity index (χ0n) is 9.47. The summed E-state index contributed by atoms with van der Waals surface area (Å²) in [5, 5.41) is 3.24. The number of imidazole rings is 1. The molecule has 0 bridgehead atoms. The smallest absolute Gasteiger partial charge is 0.256 e. The quantitative estimate of drug-likeness (QED) is 0.770. The van der Waals surface area contributed by atoms with Gasteiger partial charge in [-0.1, -0.05) is 0 Å². The van der Waals surface area contributed by atoms with Crippen LogP contribution in [0.5, 0.6) is 0 Å². The lowest BCUT2D eigenvalue weighted by Gasteiger charge is -2.27. The maximum Gasteiger partial charge on any atom is 0.256 e. The zero-order valence-corrected chi connectivity index (χ0v) is 9.47. The van der Waals surface area contributed by atoms with E-state index in [1.807, 2.05) is 27.6 Å². The number of pyridine rings is 1. The lowest BCUT2D eigenvalue weighted by Crippen LogP contribution is -2.46. The van der Waals surface area contributed by atoms with Crippen molar-refractivity contribution in [2.75, 3.05) is 26.2 Å². The van der Waals surface area contributed by atoms with Gasteiger partial charge in [-0.2, -0.15) is 0 Å². The van der Waals surface area contributed by atoms with Crippen LogP contribution in [0.4, 0.5) is 0 Å². The Bertz CT molecular complexity index is 542. The van der Waals surface area contributed by atoms with Gasteiger partial charge in [-0.25, -0.2) is 4.98 Å². The van der Waals surface area contributed by atoms with E-state index in [0.29, 0.717) is 0 Å². The molecule has 0 saturated carbocycles. The van der Waals surface area contributed by atoms with Crippen molar-refractivity contribution >= 4 is 11.4 Å². The minimum atomic E-state index is 0.0950. The molecule has 1 saturated heterocycles. The Hall–Kier alpha value is -1.88. The number of hydrogen-bond donors (Lipinski definition) is 1. The number of piperazine rings is 1. The first-order chi connectivity index (χ1) is 8.36. The van der Waals surface area contributed by atoms with Crippen molar-refractivity contribution in [1.29, 1.82) is 0 Å². The first-order valence-electron chi connectivity index (χ1n) is 5.77. The van der Waals surface area contributed by atoms with Gasteiger partial charge < -0.3 is 14.6 Å². The van der Waals surface area contributed by atoms with E-state index >= 15 is 0 Å². The van der Waals surface area contributed by atoms with Crippen LogP contribution in [0.2, 0.25) is 0 Å². The number of aromatic nitrogens is 2.